The van der Waals surface area contributed by atoms with Gasteiger partial charge in [-0.05, 0) is 37.4 Å². The molecule has 6 heteroatoms. The molecule has 1 saturated carbocycles. The van der Waals surface area contributed by atoms with Gasteiger partial charge in [0.15, 0.2) is 0 Å². The van der Waals surface area contributed by atoms with Crippen LogP contribution < -0.4 is 10.1 Å². The second kappa shape index (κ2) is 6.72. The number of nitrogens with one attached hydrogen (secondary N) is 1. The van der Waals surface area contributed by atoms with Crippen molar-refractivity contribution in [1.29, 1.82) is 0 Å². The van der Waals surface area contributed by atoms with Crippen LogP contribution in [-0.2, 0) is 6.54 Å². The molecule has 3 rings (SSSR count). The highest BCUT2D eigenvalue weighted by Crippen LogP contribution is 2.27. The van der Waals surface area contributed by atoms with Gasteiger partial charge in [0.05, 0.1) is 13.7 Å². The SMILES string of the molecule is COc1cccc(-c2noc(CNCC3CC3)n2)c1.Cl. The standard InChI is InChI=1S/C14H17N3O2.ClH/c1-18-12-4-2-3-11(7-12)14-16-13(19-17-14)9-15-8-10-5-6-10;/h2-4,7,10,15H,5-6,8-9H2,1H3;1H. The van der Waals surface area contributed by atoms with Crippen LogP contribution in [-0.4, -0.2) is 23.8 Å². The van der Waals surface area contributed by atoms with Gasteiger partial charge in [-0.15, -0.1) is 12.4 Å². The van der Waals surface area contributed by atoms with Crippen molar-refractivity contribution in [3.63, 3.8) is 0 Å². The number of hydrogen-bond acceptors (Lipinski definition) is 5. The minimum atomic E-state index is 0. The van der Waals surface area contributed by atoms with E-state index >= 15 is 0 Å². The lowest BCUT2D eigenvalue weighted by atomic mass is 10.2. The first-order chi connectivity index (χ1) is 9.35. The highest BCUT2D eigenvalue weighted by molar-refractivity contribution is 5.85. The lowest BCUT2D eigenvalue weighted by molar-refractivity contribution is 0.367. The molecule has 1 aliphatic carbocycles. The molecule has 0 unspecified atom stereocenters. The Labute approximate surface area is 124 Å². The van der Waals surface area contributed by atoms with Gasteiger partial charge in [-0.25, -0.2) is 0 Å². The van der Waals surface area contributed by atoms with Crippen molar-refractivity contribution in [2.75, 3.05) is 13.7 Å². The molecule has 0 spiro atoms. The molecule has 0 amide bonds. The van der Waals surface area contributed by atoms with E-state index in [0.29, 0.717) is 18.3 Å². The fraction of sp³-hybridized carbons (Fsp3) is 0.429. The lowest BCUT2D eigenvalue weighted by Gasteiger charge is -2.00. The lowest BCUT2D eigenvalue weighted by Crippen LogP contribution is -2.16. The van der Waals surface area contributed by atoms with Crippen molar-refractivity contribution in [3.8, 4) is 17.1 Å². The van der Waals surface area contributed by atoms with Gasteiger partial charge in [0, 0.05) is 5.56 Å². The summed E-state index contributed by atoms with van der Waals surface area (Å²) in [5, 5.41) is 7.32. The Balaban J connectivity index is 0.00000147. The molecule has 108 valence electrons. The monoisotopic (exact) mass is 295 g/mol. The van der Waals surface area contributed by atoms with Crippen molar-refractivity contribution in [1.82, 2.24) is 15.5 Å². The molecule has 0 radical (unpaired) electrons. The molecule has 1 fully saturated rings. The number of hydrogen-bond donors (Lipinski definition) is 1. The predicted molar refractivity (Wildman–Crippen MR) is 78.0 cm³/mol. The predicted octanol–water partition coefficient (Wildman–Crippen LogP) is 2.67. The van der Waals surface area contributed by atoms with Gasteiger partial charge in [0.1, 0.15) is 5.75 Å². The molecule has 20 heavy (non-hydrogen) atoms. The van der Waals surface area contributed by atoms with Crippen molar-refractivity contribution in [3.05, 3.63) is 30.2 Å². The van der Waals surface area contributed by atoms with Crippen LogP contribution in [0.2, 0.25) is 0 Å². The van der Waals surface area contributed by atoms with Crippen LogP contribution in [0.4, 0.5) is 0 Å². The van der Waals surface area contributed by atoms with Crippen molar-refractivity contribution < 1.29 is 9.26 Å². The molecule has 1 aliphatic rings. The Bertz CT molecular complexity index is 555. The molecule has 0 atom stereocenters. The molecular weight excluding hydrogens is 278 g/mol. The van der Waals surface area contributed by atoms with Crippen LogP contribution in [0.15, 0.2) is 28.8 Å². The summed E-state index contributed by atoms with van der Waals surface area (Å²) in [7, 11) is 1.64. The van der Waals surface area contributed by atoms with Gasteiger partial charge in [-0.3, -0.25) is 0 Å². The van der Waals surface area contributed by atoms with Crippen LogP contribution >= 0.6 is 12.4 Å². The largest absolute Gasteiger partial charge is 0.497 e. The van der Waals surface area contributed by atoms with Gasteiger partial charge in [0.25, 0.3) is 0 Å². The third kappa shape index (κ3) is 3.71. The average molecular weight is 296 g/mol. The maximum absolute atomic E-state index is 5.23. The molecule has 1 N–H and O–H groups in total. The number of benzene rings is 1. The molecular formula is C14H18ClN3O2. The molecule has 2 aromatic rings. The Kier molecular flexibility index (Phi) is 4.98. The Morgan fingerprint density at radius 3 is 3.00 bits per heavy atom. The zero-order chi connectivity index (χ0) is 13.1. The van der Waals surface area contributed by atoms with Crippen LogP contribution in [0.25, 0.3) is 11.4 Å². The quantitative estimate of drug-likeness (QED) is 0.888. The third-order valence-corrected chi connectivity index (χ3v) is 3.20. The van der Waals surface area contributed by atoms with Crippen molar-refractivity contribution >= 4 is 12.4 Å². The summed E-state index contributed by atoms with van der Waals surface area (Å²) in [5.74, 6) is 2.86. The highest BCUT2D eigenvalue weighted by Gasteiger charge is 2.20. The summed E-state index contributed by atoms with van der Waals surface area (Å²) in [4.78, 5) is 4.38. The number of nitrogens with zero attached hydrogens (tertiary/aromatic N) is 2. The topological polar surface area (TPSA) is 60.2 Å². The minimum absolute atomic E-state index is 0. The van der Waals surface area contributed by atoms with E-state index in [1.165, 1.54) is 12.8 Å². The van der Waals surface area contributed by atoms with Gasteiger partial charge < -0.3 is 14.6 Å². The highest BCUT2D eigenvalue weighted by atomic mass is 35.5. The maximum atomic E-state index is 5.23. The van der Waals surface area contributed by atoms with Gasteiger partial charge >= 0.3 is 0 Å². The third-order valence-electron chi connectivity index (χ3n) is 3.20. The Hall–Kier alpha value is -1.59. The molecule has 0 aliphatic heterocycles. The molecule has 1 heterocycles. The molecule has 0 bridgehead atoms. The summed E-state index contributed by atoms with van der Waals surface area (Å²) in [6.45, 7) is 1.67. The normalized spacial score (nSPS) is 13.8. The minimum Gasteiger partial charge on any atom is -0.497 e. The second-order valence-corrected chi connectivity index (χ2v) is 4.82. The number of rotatable bonds is 6. The van der Waals surface area contributed by atoms with Crippen molar-refractivity contribution in [2.24, 2.45) is 5.92 Å². The van der Waals surface area contributed by atoms with Crippen LogP contribution in [0.5, 0.6) is 5.75 Å². The first-order valence-corrected chi connectivity index (χ1v) is 6.53. The summed E-state index contributed by atoms with van der Waals surface area (Å²) < 4.78 is 10.4. The average Bonchev–Trinajstić information content (AvgIpc) is 3.15. The van der Waals surface area contributed by atoms with Gasteiger partial charge in [0.2, 0.25) is 11.7 Å². The zero-order valence-corrected chi connectivity index (χ0v) is 12.2. The van der Waals surface area contributed by atoms with Crippen LogP contribution in [0, 0.1) is 5.92 Å². The number of halogens is 1. The number of ether oxygens (including phenoxy) is 1. The van der Waals surface area contributed by atoms with Gasteiger partial charge in [-0.1, -0.05) is 17.3 Å². The van der Waals surface area contributed by atoms with E-state index in [2.05, 4.69) is 15.5 Å². The summed E-state index contributed by atoms with van der Waals surface area (Å²) in [5.41, 5.74) is 0.900. The maximum Gasteiger partial charge on any atom is 0.240 e. The van der Waals surface area contributed by atoms with E-state index in [4.69, 9.17) is 9.26 Å². The zero-order valence-electron chi connectivity index (χ0n) is 11.3. The van der Waals surface area contributed by atoms with Crippen LogP contribution in [0.3, 0.4) is 0 Å². The summed E-state index contributed by atoms with van der Waals surface area (Å²) >= 11 is 0. The fourth-order valence-corrected chi connectivity index (χ4v) is 1.91. The molecule has 1 aromatic heterocycles. The number of methoxy groups -OCH3 is 1. The summed E-state index contributed by atoms with van der Waals surface area (Å²) in [6, 6.07) is 7.64. The molecule has 0 saturated heterocycles. The van der Waals surface area contributed by atoms with E-state index in [9.17, 15) is 0 Å². The Morgan fingerprint density at radius 2 is 2.25 bits per heavy atom. The summed E-state index contributed by atoms with van der Waals surface area (Å²) in [6.07, 6.45) is 2.68. The van der Waals surface area contributed by atoms with Crippen molar-refractivity contribution in [2.45, 2.75) is 19.4 Å². The number of aromatic nitrogens is 2. The molecule has 5 nitrogen and oxygen atoms in total. The fourth-order valence-electron chi connectivity index (χ4n) is 1.91. The van der Waals surface area contributed by atoms with E-state index in [1.54, 1.807) is 7.11 Å². The van der Waals surface area contributed by atoms with E-state index in [0.717, 1.165) is 23.8 Å². The Morgan fingerprint density at radius 1 is 1.40 bits per heavy atom. The van der Waals surface area contributed by atoms with E-state index < -0.39 is 0 Å². The van der Waals surface area contributed by atoms with E-state index in [-0.39, 0.29) is 12.4 Å². The first kappa shape index (κ1) is 14.8. The van der Waals surface area contributed by atoms with Crippen LogP contribution in [0.1, 0.15) is 18.7 Å². The van der Waals surface area contributed by atoms with Gasteiger partial charge in [-0.2, -0.15) is 4.98 Å². The first-order valence-electron chi connectivity index (χ1n) is 6.53. The molecule has 1 aromatic carbocycles. The van der Waals surface area contributed by atoms with E-state index in [1.807, 2.05) is 24.3 Å². The second-order valence-electron chi connectivity index (χ2n) is 4.82. The smallest absolute Gasteiger partial charge is 0.240 e.